The van der Waals surface area contributed by atoms with Gasteiger partial charge in [0.05, 0.1) is 5.56 Å². The number of benzene rings is 1. The first-order valence-electron chi connectivity index (χ1n) is 11.3. The number of unbranched alkanes of at least 4 members (excludes halogenated alkanes) is 14. The first-order valence-corrected chi connectivity index (χ1v) is 11.3. The zero-order valence-electron chi connectivity index (χ0n) is 17.7. The first kappa shape index (κ1) is 24.3. The predicted molar refractivity (Wildman–Crippen MR) is 115 cm³/mol. The Morgan fingerprint density at radius 3 is 1.54 bits per heavy atom. The number of phenolic OH excluding ortho intramolecular Hbond substituents is 3. The van der Waals surface area contributed by atoms with Crippen LogP contribution in [0, 0.1) is 0 Å². The molecule has 0 heterocycles. The number of ketones is 1. The second kappa shape index (κ2) is 15.2. The number of phenols is 3. The summed E-state index contributed by atoms with van der Waals surface area (Å²) in [4.78, 5) is 12.1. The molecule has 4 nitrogen and oxygen atoms in total. The summed E-state index contributed by atoms with van der Waals surface area (Å²) in [5, 5.41) is 28.5. The molecule has 0 fully saturated rings. The molecule has 160 valence electrons. The molecular weight excluding hydrogens is 352 g/mol. The standard InChI is InChI=1S/C24H40O4/c1-2-3-4-5-6-7-8-9-10-11-12-13-14-15-16-17-21(25)20-18-19-22(26)24(28)23(20)27/h18-19,26-28H,2-17H2,1H3. The maximum Gasteiger partial charge on any atom is 0.201 e. The van der Waals surface area contributed by atoms with Gasteiger partial charge in [0.15, 0.2) is 17.3 Å². The van der Waals surface area contributed by atoms with Gasteiger partial charge in [-0.1, -0.05) is 96.8 Å². The zero-order valence-corrected chi connectivity index (χ0v) is 17.7. The van der Waals surface area contributed by atoms with Crippen LogP contribution in [-0.4, -0.2) is 21.1 Å². The molecular formula is C24H40O4. The van der Waals surface area contributed by atoms with Gasteiger partial charge in [-0.15, -0.1) is 0 Å². The minimum absolute atomic E-state index is 0.0839. The molecule has 0 atom stereocenters. The van der Waals surface area contributed by atoms with E-state index in [2.05, 4.69) is 6.92 Å². The molecule has 0 aliphatic heterocycles. The Balaban J connectivity index is 1.94. The minimum atomic E-state index is -0.623. The number of carbonyl (C=O) groups is 1. The molecule has 4 heteroatoms. The highest BCUT2D eigenvalue weighted by Crippen LogP contribution is 2.37. The maximum atomic E-state index is 12.1. The van der Waals surface area contributed by atoms with Crippen LogP contribution in [0.2, 0.25) is 0 Å². The minimum Gasteiger partial charge on any atom is -0.504 e. The quantitative estimate of drug-likeness (QED) is 0.148. The number of hydrogen-bond acceptors (Lipinski definition) is 4. The van der Waals surface area contributed by atoms with Crippen molar-refractivity contribution in [2.75, 3.05) is 0 Å². The highest BCUT2D eigenvalue weighted by atomic mass is 16.3. The Bertz CT molecular complexity index is 554. The molecule has 0 bridgehead atoms. The van der Waals surface area contributed by atoms with Crippen molar-refractivity contribution in [1.82, 2.24) is 0 Å². The van der Waals surface area contributed by atoms with E-state index >= 15 is 0 Å². The van der Waals surface area contributed by atoms with Gasteiger partial charge in [0.2, 0.25) is 5.75 Å². The van der Waals surface area contributed by atoms with E-state index in [1.807, 2.05) is 0 Å². The molecule has 0 unspecified atom stereocenters. The summed E-state index contributed by atoms with van der Waals surface area (Å²) in [5.41, 5.74) is 0.0839. The summed E-state index contributed by atoms with van der Waals surface area (Å²) in [6, 6.07) is 2.59. The fourth-order valence-electron chi connectivity index (χ4n) is 3.59. The Morgan fingerprint density at radius 2 is 1.07 bits per heavy atom. The van der Waals surface area contributed by atoms with Crippen molar-refractivity contribution >= 4 is 5.78 Å². The molecule has 0 radical (unpaired) electrons. The Morgan fingerprint density at radius 1 is 0.643 bits per heavy atom. The molecule has 0 saturated carbocycles. The molecule has 1 rings (SSSR count). The highest BCUT2D eigenvalue weighted by molar-refractivity contribution is 5.99. The lowest BCUT2D eigenvalue weighted by Crippen LogP contribution is -1.99. The summed E-state index contributed by atoms with van der Waals surface area (Å²) in [5.74, 6) is -1.75. The average Bonchev–Trinajstić information content (AvgIpc) is 2.69. The number of Topliss-reactive ketones (excluding diaryl/α,β-unsaturated/α-hetero) is 1. The first-order chi connectivity index (χ1) is 13.6. The summed E-state index contributed by atoms with van der Waals surface area (Å²) < 4.78 is 0. The fraction of sp³-hybridized carbons (Fsp3) is 0.708. The number of rotatable bonds is 17. The van der Waals surface area contributed by atoms with Gasteiger partial charge >= 0.3 is 0 Å². The molecule has 3 N–H and O–H groups in total. The van der Waals surface area contributed by atoms with Crippen LogP contribution >= 0.6 is 0 Å². The number of aromatic hydroxyl groups is 3. The molecule has 0 aromatic heterocycles. The Hall–Kier alpha value is -1.71. The van der Waals surface area contributed by atoms with Crippen LogP contribution in [-0.2, 0) is 0 Å². The van der Waals surface area contributed by atoms with E-state index in [-0.39, 0.29) is 11.3 Å². The lowest BCUT2D eigenvalue weighted by Gasteiger charge is -2.07. The third-order valence-electron chi connectivity index (χ3n) is 5.44. The maximum absolute atomic E-state index is 12.1. The molecule has 1 aromatic carbocycles. The average molecular weight is 393 g/mol. The topological polar surface area (TPSA) is 77.8 Å². The molecule has 0 aliphatic rings. The van der Waals surface area contributed by atoms with E-state index in [1.165, 1.54) is 89.2 Å². The highest BCUT2D eigenvalue weighted by Gasteiger charge is 2.16. The third kappa shape index (κ3) is 10.0. The Labute approximate surface area is 171 Å². The van der Waals surface area contributed by atoms with Crippen LogP contribution in [0.15, 0.2) is 12.1 Å². The predicted octanol–water partition coefficient (Wildman–Crippen LogP) is 7.25. The van der Waals surface area contributed by atoms with Gasteiger partial charge in [0.1, 0.15) is 0 Å². The van der Waals surface area contributed by atoms with Crippen LogP contribution in [0.1, 0.15) is 120 Å². The van der Waals surface area contributed by atoms with E-state index in [1.54, 1.807) is 0 Å². The van der Waals surface area contributed by atoms with Gasteiger partial charge in [-0.25, -0.2) is 0 Å². The van der Waals surface area contributed by atoms with Crippen LogP contribution in [0.4, 0.5) is 0 Å². The molecule has 28 heavy (non-hydrogen) atoms. The van der Waals surface area contributed by atoms with Crippen LogP contribution in [0.5, 0.6) is 17.2 Å². The molecule has 1 aromatic rings. The van der Waals surface area contributed by atoms with Crippen molar-refractivity contribution in [1.29, 1.82) is 0 Å². The Kier molecular flexibility index (Phi) is 13.2. The van der Waals surface area contributed by atoms with E-state index in [4.69, 9.17) is 0 Å². The van der Waals surface area contributed by atoms with Crippen molar-refractivity contribution in [2.24, 2.45) is 0 Å². The summed E-state index contributed by atoms with van der Waals surface area (Å²) in [7, 11) is 0. The molecule has 0 spiro atoms. The van der Waals surface area contributed by atoms with E-state index < -0.39 is 17.2 Å². The summed E-state index contributed by atoms with van der Waals surface area (Å²) in [6.45, 7) is 2.26. The van der Waals surface area contributed by atoms with E-state index in [9.17, 15) is 20.1 Å². The largest absolute Gasteiger partial charge is 0.504 e. The van der Waals surface area contributed by atoms with Crippen LogP contribution in [0.3, 0.4) is 0 Å². The second-order valence-corrected chi connectivity index (χ2v) is 7.95. The lowest BCUT2D eigenvalue weighted by molar-refractivity contribution is 0.0975. The normalized spacial score (nSPS) is 11.0. The molecule has 0 saturated heterocycles. The number of hydrogen-bond donors (Lipinski definition) is 3. The lowest BCUT2D eigenvalue weighted by atomic mass is 10.0. The molecule has 0 aliphatic carbocycles. The van der Waals surface area contributed by atoms with Crippen molar-refractivity contribution in [3.63, 3.8) is 0 Å². The third-order valence-corrected chi connectivity index (χ3v) is 5.44. The van der Waals surface area contributed by atoms with Crippen LogP contribution < -0.4 is 0 Å². The van der Waals surface area contributed by atoms with Gasteiger partial charge in [-0.2, -0.15) is 0 Å². The van der Waals surface area contributed by atoms with Gasteiger partial charge in [-0.05, 0) is 18.6 Å². The van der Waals surface area contributed by atoms with Crippen molar-refractivity contribution in [3.8, 4) is 17.2 Å². The SMILES string of the molecule is CCCCCCCCCCCCCCCCCC(=O)c1ccc(O)c(O)c1O. The summed E-state index contributed by atoms with van der Waals surface area (Å²) >= 11 is 0. The van der Waals surface area contributed by atoms with Gasteiger partial charge < -0.3 is 15.3 Å². The van der Waals surface area contributed by atoms with Gasteiger partial charge in [0.25, 0.3) is 0 Å². The van der Waals surface area contributed by atoms with Crippen LogP contribution in [0.25, 0.3) is 0 Å². The van der Waals surface area contributed by atoms with Gasteiger partial charge in [0, 0.05) is 6.42 Å². The van der Waals surface area contributed by atoms with Gasteiger partial charge in [-0.3, -0.25) is 4.79 Å². The summed E-state index contributed by atoms with van der Waals surface area (Å²) in [6.07, 6.45) is 19.5. The second-order valence-electron chi connectivity index (χ2n) is 7.95. The molecule has 0 amide bonds. The smallest absolute Gasteiger partial charge is 0.201 e. The van der Waals surface area contributed by atoms with E-state index in [0.717, 1.165) is 19.3 Å². The van der Waals surface area contributed by atoms with E-state index in [0.29, 0.717) is 6.42 Å². The van der Waals surface area contributed by atoms with Crippen molar-refractivity contribution in [2.45, 2.75) is 110 Å². The monoisotopic (exact) mass is 392 g/mol. The van der Waals surface area contributed by atoms with Crippen molar-refractivity contribution in [3.05, 3.63) is 17.7 Å². The fourth-order valence-corrected chi connectivity index (χ4v) is 3.59. The zero-order chi connectivity index (χ0) is 20.6. The van der Waals surface area contributed by atoms with Crippen molar-refractivity contribution < 1.29 is 20.1 Å². The number of carbonyl (C=O) groups excluding carboxylic acids is 1.